The summed E-state index contributed by atoms with van der Waals surface area (Å²) in [6, 6.07) is 11.2. The van der Waals surface area contributed by atoms with Crippen LogP contribution in [0.1, 0.15) is 36.2 Å². The molecule has 0 bridgehead atoms. The Hall–Kier alpha value is -1.75. The van der Waals surface area contributed by atoms with Gasteiger partial charge in [0.05, 0.1) is 10.6 Å². The zero-order valence-electron chi connectivity index (χ0n) is 15.1. The molecule has 0 aromatic heterocycles. The van der Waals surface area contributed by atoms with Crippen molar-refractivity contribution in [1.29, 1.82) is 0 Å². The maximum Gasteiger partial charge on any atom is 0.253 e. The molecule has 0 spiro atoms. The Bertz CT molecular complexity index is 825. The first-order valence-electron chi connectivity index (χ1n) is 8.54. The molecule has 144 valence electrons. The van der Waals surface area contributed by atoms with Crippen molar-refractivity contribution in [2.45, 2.75) is 32.9 Å². The maximum atomic E-state index is 12.6. The first-order chi connectivity index (χ1) is 12.8. The van der Waals surface area contributed by atoms with Crippen LogP contribution in [0, 0.1) is 5.92 Å². The smallest absolute Gasteiger partial charge is 0.253 e. The standard InChI is InChI=1S/C20H21Cl3N2O2/c1-12(2)8-18(20(27)24-11-13-4-3-5-14(21)9-13)25-19(26)16-7-6-15(22)10-17(16)23/h3-7,9-10,12,18H,8,11H2,1-2H3,(H,24,27)(H,25,26). The van der Waals surface area contributed by atoms with E-state index in [0.29, 0.717) is 23.0 Å². The number of benzene rings is 2. The second-order valence-corrected chi connectivity index (χ2v) is 7.91. The van der Waals surface area contributed by atoms with Crippen molar-refractivity contribution >= 4 is 46.6 Å². The fourth-order valence-corrected chi connectivity index (χ4v) is 3.28. The molecule has 2 N–H and O–H groups in total. The Morgan fingerprint density at radius 2 is 1.70 bits per heavy atom. The number of hydrogen-bond acceptors (Lipinski definition) is 2. The van der Waals surface area contributed by atoms with Gasteiger partial charge in [0, 0.05) is 16.6 Å². The van der Waals surface area contributed by atoms with Gasteiger partial charge < -0.3 is 10.6 Å². The Morgan fingerprint density at radius 3 is 2.33 bits per heavy atom. The van der Waals surface area contributed by atoms with Gasteiger partial charge in [0.15, 0.2) is 0 Å². The predicted molar refractivity (Wildman–Crippen MR) is 110 cm³/mol. The van der Waals surface area contributed by atoms with Crippen molar-refractivity contribution in [2.75, 3.05) is 0 Å². The molecule has 0 fully saturated rings. The van der Waals surface area contributed by atoms with Crippen molar-refractivity contribution in [1.82, 2.24) is 10.6 Å². The van der Waals surface area contributed by atoms with E-state index in [1.165, 1.54) is 12.1 Å². The Kier molecular flexibility index (Phi) is 7.96. The molecule has 2 aromatic carbocycles. The molecule has 2 aromatic rings. The van der Waals surface area contributed by atoms with Crippen LogP contribution in [0.15, 0.2) is 42.5 Å². The summed E-state index contributed by atoms with van der Waals surface area (Å²) in [4.78, 5) is 25.2. The molecule has 0 heterocycles. The van der Waals surface area contributed by atoms with Crippen molar-refractivity contribution in [3.8, 4) is 0 Å². The zero-order chi connectivity index (χ0) is 20.0. The van der Waals surface area contributed by atoms with Crippen LogP contribution >= 0.6 is 34.8 Å². The number of rotatable bonds is 7. The van der Waals surface area contributed by atoms with E-state index in [4.69, 9.17) is 34.8 Å². The highest BCUT2D eigenvalue weighted by atomic mass is 35.5. The van der Waals surface area contributed by atoms with E-state index < -0.39 is 11.9 Å². The van der Waals surface area contributed by atoms with E-state index in [9.17, 15) is 9.59 Å². The molecular weight excluding hydrogens is 407 g/mol. The zero-order valence-corrected chi connectivity index (χ0v) is 17.3. The quantitative estimate of drug-likeness (QED) is 0.645. The van der Waals surface area contributed by atoms with E-state index in [-0.39, 0.29) is 22.4 Å². The largest absolute Gasteiger partial charge is 0.350 e. The fourth-order valence-electron chi connectivity index (χ4n) is 2.57. The third-order valence-corrected chi connectivity index (χ3v) is 4.64. The number of hydrogen-bond donors (Lipinski definition) is 2. The van der Waals surface area contributed by atoms with Crippen LogP contribution in [-0.2, 0) is 11.3 Å². The van der Waals surface area contributed by atoms with Gasteiger partial charge in [0.25, 0.3) is 5.91 Å². The van der Waals surface area contributed by atoms with Crippen molar-refractivity contribution in [2.24, 2.45) is 5.92 Å². The van der Waals surface area contributed by atoms with Gasteiger partial charge in [-0.2, -0.15) is 0 Å². The molecule has 2 amide bonds. The number of halogens is 3. The molecule has 7 heteroatoms. The van der Waals surface area contributed by atoms with Crippen molar-refractivity contribution in [3.63, 3.8) is 0 Å². The highest BCUT2D eigenvalue weighted by Crippen LogP contribution is 2.21. The van der Waals surface area contributed by atoms with Crippen molar-refractivity contribution in [3.05, 3.63) is 68.7 Å². The lowest BCUT2D eigenvalue weighted by atomic mass is 10.0. The minimum Gasteiger partial charge on any atom is -0.350 e. The molecular formula is C20H21Cl3N2O2. The highest BCUT2D eigenvalue weighted by molar-refractivity contribution is 6.36. The lowest BCUT2D eigenvalue weighted by molar-refractivity contribution is -0.123. The lowest BCUT2D eigenvalue weighted by Crippen LogP contribution is -2.47. The molecule has 0 saturated carbocycles. The summed E-state index contributed by atoms with van der Waals surface area (Å²) >= 11 is 17.9. The number of carbonyl (C=O) groups excluding carboxylic acids is 2. The molecule has 0 radical (unpaired) electrons. The molecule has 27 heavy (non-hydrogen) atoms. The number of nitrogens with one attached hydrogen (secondary N) is 2. The Balaban J connectivity index is 2.06. The maximum absolute atomic E-state index is 12.6. The van der Waals surface area contributed by atoms with Gasteiger partial charge in [-0.25, -0.2) is 0 Å². The van der Waals surface area contributed by atoms with E-state index in [2.05, 4.69) is 10.6 Å². The van der Waals surface area contributed by atoms with Crippen LogP contribution in [-0.4, -0.2) is 17.9 Å². The Morgan fingerprint density at radius 1 is 1.00 bits per heavy atom. The normalized spacial score (nSPS) is 11.9. The average Bonchev–Trinajstić information content (AvgIpc) is 2.58. The first kappa shape index (κ1) is 21.5. The van der Waals surface area contributed by atoms with Crippen LogP contribution in [0.3, 0.4) is 0 Å². The van der Waals surface area contributed by atoms with Crippen molar-refractivity contribution < 1.29 is 9.59 Å². The topological polar surface area (TPSA) is 58.2 Å². The summed E-state index contributed by atoms with van der Waals surface area (Å²) < 4.78 is 0. The second kappa shape index (κ2) is 9.98. The monoisotopic (exact) mass is 426 g/mol. The van der Waals surface area contributed by atoms with E-state index >= 15 is 0 Å². The van der Waals surface area contributed by atoms with E-state index in [1.807, 2.05) is 26.0 Å². The van der Waals surface area contributed by atoms with Crippen LogP contribution in [0.5, 0.6) is 0 Å². The molecule has 4 nitrogen and oxygen atoms in total. The molecule has 1 atom stereocenters. The Labute approximate surface area is 174 Å². The van der Waals surface area contributed by atoms with Gasteiger partial charge in [-0.05, 0) is 48.2 Å². The molecule has 0 aliphatic carbocycles. The third-order valence-electron chi connectivity index (χ3n) is 3.86. The number of amides is 2. The van der Waals surface area contributed by atoms with Crippen LogP contribution < -0.4 is 10.6 Å². The summed E-state index contributed by atoms with van der Waals surface area (Å²) in [5.41, 5.74) is 1.16. The van der Waals surface area contributed by atoms with Gasteiger partial charge in [0.2, 0.25) is 5.91 Å². The molecule has 0 aliphatic heterocycles. The molecule has 1 unspecified atom stereocenters. The molecule has 0 saturated heterocycles. The van der Waals surface area contributed by atoms with Gasteiger partial charge in [-0.15, -0.1) is 0 Å². The van der Waals surface area contributed by atoms with Gasteiger partial charge in [-0.3, -0.25) is 9.59 Å². The minimum atomic E-state index is -0.677. The second-order valence-electron chi connectivity index (χ2n) is 6.63. The fraction of sp³-hybridized carbons (Fsp3) is 0.300. The van der Waals surface area contributed by atoms with Crippen LogP contribution in [0.4, 0.5) is 0 Å². The summed E-state index contributed by atoms with van der Waals surface area (Å²) in [6.45, 7) is 4.29. The third kappa shape index (κ3) is 6.73. The highest BCUT2D eigenvalue weighted by Gasteiger charge is 2.23. The summed E-state index contributed by atoms with van der Waals surface area (Å²) in [6.07, 6.45) is 0.498. The summed E-state index contributed by atoms with van der Waals surface area (Å²) in [5.74, 6) is -0.463. The molecule has 2 rings (SSSR count). The summed E-state index contributed by atoms with van der Waals surface area (Å²) in [7, 11) is 0. The first-order valence-corrected chi connectivity index (χ1v) is 9.67. The molecule has 0 aliphatic rings. The van der Waals surface area contributed by atoms with Crippen LogP contribution in [0.2, 0.25) is 15.1 Å². The lowest BCUT2D eigenvalue weighted by Gasteiger charge is -2.20. The number of carbonyl (C=O) groups is 2. The van der Waals surface area contributed by atoms with Crippen LogP contribution in [0.25, 0.3) is 0 Å². The van der Waals surface area contributed by atoms with Gasteiger partial charge >= 0.3 is 0 Å². The summed E-state index contributed by atoms with van der Waals surface area (Å²) in [5, 5.41) is 6.89. The van der Waals surface area contributed by atoms with Gasteiger partial charge in [0.1, 0.15) is 6.04 Å². The van der Waals surface area contributed by atoms with E-state index in [0.717, 1.165) is 5.56 Å². The SMILES string of the molecule is CC(C)CC(NC(=O)c1ccc(Cl)cc1Cl)C(=O)NCc1cccc(Cl)c1. The predicted octanol–water partition coefficient (Wildman–Crippen LogP) is 5.11. The van der Waals surface area contributed by atoms with E-state index in [1.54, 1.807) is 18.2 Å². The average molecular weight is 428 g/mol. The minimum absolute atomic E-state index is 0.216. The van der Waals surface area contributed by atoms with Gasteiger partial charge in [-0.1, -0.05) is 60.8 Å².